The number of ketones is 1. The van der Waals surface area contributed by atoms with Crippen molar-refractivity contribution in [2.45, 2.75) is 11.7 Å². The molecule has 0 amide bonds. The summed E-state index contributed by atoms with van der Waals surface area (Å²) < 4.78 is 1.91. The maximum absolute atomic E-state index is 12.3. The highest BCUT2D eigenvalue weighted by Gasteiger charge is 2.25. The molecule has 17 heavy (non-hydrogen) atoms. The van der Waals surface area contributed by atoms with E-state index < -0.39 is 0 Å². The van der Waals surface area contributed by atoms with Crippen LogP contribution in [-0.4, -0.2) is 21.1 Å². The third-order valence-electron chi connectivity index (χ3n) is 2.76. The Kier molecular flexibility index (Phi) is 2.40. The molecule has 0 spiro atoms. The van der Waals surface area contributed by atoms with Gasteiger partial charge in [-0.05, 0) is 0 Å². The van der Waals surface area contributed by atoms with E-state index in [1.54, 1.807) is 23.9 Å². The number of fused-ring (bicyclic) bond motifs is 1. The van der Waals surface area contributed by atoms with Crippen molar-refractivity contribution in [1.29, 1.82) is 0 Å². The summed E-state index contributed by atoms with van der Waals surface area (Å²) in [5, 5.41) is 0.849. The van der Waals surface area contributed by atoms with Crippen LogP contribution in [0.15, 0.2) is 35.5 Å². The summed E-state index contributed by atoms with van der Waals surface area (Å²) in [4.78, 5) is 16.6. The Morgan fingerprint density at radius 2 is 2.12 bits per heavy atom. The normalized spacial score (nSPS) is 13.6. The zero-order chi connectivity index (χ0) is 11.8. The fourth-order valence-electron chi connectivity index (χ4n) is 1.96. The minimum absolute atomic E-state index is 0.0515. The van der Waals surface area contributed by atoms with Crippen LogP contribution in [0.5, 0.6) is 0 Å². The highest BCUT2D eigenvalue weighted by molar-refractivity contribution is 7.99. The van der Waals surface area contributed by atoms with Crippen molar-refractivity contribution in [3.8, 4) is 0 Å². The molecule has 86 valence electrons. The lowest BCUT2D eigenvalue weighted by molar-refractivity contribution is 0.103. The number of rotatable bonds is 2. The minimum atomic E-state index is -0.0515. The second-order valence-electron chi connectivity index (χ2n) is 3.82. The first-order chi connectivity index (χ1) is 8.27. The van der Waals surface area contributed by atoms with Crippen LogP contribution in [0.25, 0.3) is 0 Å². The second-order valence-corrected chi connectivity index (χ2v) is 4.89. The first-order valence-corrected chi connectivity index (χ1v) is 6.34. The maximum atomic E-state index is 12.3. The molecule has 0 bridgehead atoms. The van der Waals surface area contributed by atoms with Gasteiger partial charge in [0, 0.05) is 17.9 Å². The monoisotopic (exact) mass is 245 g/mol. The molecule has 0 saturated carbocycles. The van der Waals surface area contributed by atoms with Crippen LogP contribution in [0.1, 0.15) is 16.1 Å². The molecule has 2 heterocycles. The van der Waals surface area contributed by atoms with Gasteiger partial charge in [0.15, 0.2) is 11.0 Å². The zero-order valence-electron chi connectivity index (χ0n) is 9.09. The lowest BCUT2D eigenvalue weighted by Crippen LogP contribution is -2.11. The average Bonchev–Trinajstić information content (AvgIpc) is 2.89. The Bertz CT molecular complexity index is 577. The number of nitrogens with two attached hydrogens (primary N) is 1. The summed E-state index contributed by atoms with van der Waals surface area (Å²) >= 11 is 1.64. The van der Waals surface area contributed by atoms with E-state index in [4.69, 9.17) is 5.73 Å². The molecule has 0 aliphatic carbocycles. The summed E-state index contributed by atoms with van der Waals surface area (Å²) in [5.74, 6) is 1.24. The van der Waals surface area contributed by atoms with Gasteiger partial charge in [-0.3, -0.25) is 4.79 Å². The van der Waals surface area contributed by atoms with Crippen molar-refractivity contribution in [3.05, 3.63) is 41.6 Å². The van der Waals surface area contributed by atoms with Crippen molar-refractivity contribution < 1.29 is 4.79 Å². The third kappa shape index (κ3) is 1.63. The third-order valence-corrected chi connectivity index (χ3v) is 3.71. The summed E-state index contributed by atoms with van der Waals surface area (Å²) in [6, 6.07) is 9.17. The fourth-order valence-corrected chi connectivity index (χ4v) is 2.92. The summed E-state index contributed by atoms with van der Waals surface area (Å²) in [6.07, 6.45) is 0. The number of nitrogens with zero attached hydrogens (tertiary/aromatic N) is 2. The zero-order valence-corrected chi connectivity index (χ0v) is 9.91. The Labute approximate surface area is 103 Å². The molecule has 0 saturated heterocycles. The first-order valence-electron chi connectivity index (χ1n) is 5.36. The van der Waals surface area contributed by atoms with Crippen LogP contribution in [0.2, 0.25) is 0 Å². The van der Waals surface area contributed by atoms with Crippen LogP contribution in [-0.2, 0) is 6.54 Å². The molecule has 2 N–H and O–H groups in total. The van der Waals surface area contributed by atoms with Gasteiger partial charge in [0.2, 0.25) is 5.78 Å². The topological polar surface area (TPSA) is 60.9 Å². The van der Waals surface area contributed by atoms with Crippen LogP contribution in [0.3, 0.4) is 0 Å². The van der Waals surface area contributed by atoms with E-state index >= 15 is 0 Å². The highest BCUT2D eigenvalue weighted by atomic mass is 32.2. The van der Waals surface area contributed by atoms with E-state index in [-0.39, 0.29) is 5.78 Å². The van der Waals surface area contributed by atoms with Gasteiger partial charge in [0.05, 0.1) is 0 Å². The van der Waals surface area contributed by atoms with E-state index in [1.165, 1.54) is 0 Å². The van der Waals surface area contributed by atoms with E-state index in [1.807, 2.05) is 22.8 Å². The van der Waals surface area contributed by atoms with Crippen LogP contribution >= 0.6 is 11.8 Å². The van der Waals surface area contributed by atoms with Gasteiger partial charge >= 0.3 is 0 Å². The van der Waals surface area contributed by atoms with Crippen molar-refractivity contribution in [2.75, 3.05) is 11.5 Å². The van der Waals surface area contributed by atoms with Crippen LogP contribution in [0, 0.1) is 0 Å². The minimum Gasteiger partial charge on any atom is -0.382 e. The Hall–Kier alpha value is -1.75. The second kappa shape index (κ2) is 3.92. The molecule has 3 rings (SSSR count). The summed E-state index contributed by atoms with van der Waals surface area (Å²) in [5.41, 5.74) is 7.00. The Balaban J connectivity index is 2.08. The van der Waals surface area contributed by atoms with Crippen molar-refractivity contribution in [2.24, 2.45) is 0 Å². The van der Waals surface area contributed by atoms with E-state index in [2.05, 4.69) is 4.98 Å². The summed E-state index contributed by atoms with van der Waals surface area (Å²) in [7, 11) is 0. The number of anilines is 1. The molecule has 0 atom stereocenters. The number of benzene rings is 1. The molecule has 0 fully saturated rings. The lowest BCUT2D eigenvalue weighted by atomic mass is 10.1. The van der Waals surface area contributed by atoms with Gasteiger partial charge in [0.25, 0.3) is 0 Å². The highest BCUT2D eigenvalue weighted by Crippen LogP contribution is 2.30. The van der Waals surface area contributed by atoms with Gasteiger partial charge in [-0.25, -0.2) is 4.98 Å². The summed E-state index contributed by atoms with van der Waals surface area (Å²) in [6.45, 7) is 0.804. The number of hydrogen-bond acceptors (Lipinski definition) is 4. The van der Waals surface area contributed by atoms with Gasteiger partial charge in [-0.15, -0.1) is 0 Å². The number of aromatic nitrogens is 2. The first kappa shape index (κ1) is 10.4. The molecule has 1 aromatic heterocycles. The molecule has 0 unspecified atom stereocenters. The number of thioether (sulfide) groups is 1. The standard InChI is InChI=1S/C12H11N3OS/c13-11-9(15-6-7-17-12(15)14-11)10(16)8-4-2-1-3-5-8/h1-5H,6-7,13H2. The number of carbonyl (C=O) groups is 1. The van der Waals surface area contributed by atoms with Gasteiger partial charge in [-0.1, -0.05) is 42.1 Å². The predicted octanol–water partition coefficient (Wildman–Crippen LogP) is 1.80. The van der Waals surface area contributed by atoms with E-state index in [0.29, 0.717) is 17.1 Å². The van der Waals surface area contributed by atoms with Crippen LogP contribution < -0.4 is 5.73 Å². The molecular weight excluding hydrogens is 234 g/mol. The molecule has 2 aromatic rings. The average molecular weight is 245 g/mol. The largest absolute Gasteiger partial charge is 0.382 e. The molecule has 5 heteroatoms. The number of nitrogen functional groups attached to an aromatic ring is 1. The Morgan fingerprint density at radius 3 is 2.88 bits per heavy atom. The smallest absolute Gasteiger partial charge is 0.213 e. The maximum Gasteiger partial charge on any atom is 0.213 e. The molecule has 4 nitrogen and oxygen atoms in total. The fraction of sp³-hybridized carbons (Fsp3) is 0.167. The van der Waals surface area contributed by atoms with Crippen LogP contribution in [0.4, 0.5) is 5.82 Å². The number of carbonyl (C=O) groups excluding carboxylic acids is 1. The van der Waals surface area contributed by atoms with Gasteiger partial charge < -0.3 is 10.3 Å². The quantitative estimate of drug-likeness (QED) is 0.820. The van der Waals surface area contributed by atoms with Crippen molar-refractivity contribution >= 4 is 23.4 Å². The molecular formula is C12H11N3OS. The van der Waals surface area contributed by atoms with Gasteiger partial charge in [-0.2, -0.15) is 0 Å². The van der Waals surface area contributed by atoms with Gasteiger partial charge in [0.1, 0.15) is 5.69 Å². The molecule has 1 aliphatic rings. The molecule has 1 aromatic carbocycles. The predicted molar refractivity (Wildman–Crippen MR) is 67.2 cm³/mol. The van der Waals surface area contributed by atoms with E-state index in [0.717, 1.165) is 17.5 Å². The lowest BCUT2D eigenvalue weighted by Gasteiger charge is -2.04. The number of hydrogen-bond donors (Lipinski definition) is 1. The molecule has 0 radical (unpaired) electrons. The molecule has 1 aliphatic heterocycles. The SMILES string of the molecule is Nc1nc2n(c1C(=O)c1ccccc1)CCS2. The Morgan fingerprint density at radius 1 is 1.35 bits per heavy atom. The van der Waals surface area contributed by atoms with E-state index in [9.17, 15) is 4.79 Å². The number of imidazole rings is 1. The van der Waals surface area contributed by atoms with Crippen molar-refractivity contribution in [3.63, 3.8) is 0 Å². The van der Waals surface area contributed by atoms with Crippen molar-refractivity contribution in [1.82, 2.24) is 9.55 Å².